The van der Waals surface area contributed by atoms with Gasteiger partial charge in [0, 0.05) is 18.1 Å². The number of hydrogen-bond acceptors (Lipinski definition) is 5. The molecule has 0 bridgehead atoms. The molecular formula is C13H9F3N2O3. The summed E-state index contributed by atoms with van der Waals surface area (Å²) < 4.78 is 52.0. The summed E-state index contributed by atoms with van der Waals surface area (Å²) in [7, 11) is 0. The second-order valence-corrected chi connectivity index (χ2v) is 4.45. The molecule has 0 fully saturated rings. The van der Waals surface area contributed by atoms with E-state index in [9.17, 15) is 13.2 Å². The van der Waals surface area contributed by atoms with E-state index in [2.05, 4.69) is 14.7 Å². The Balaban J connectivity index is 1.86. The van der Waals surface area contributed by atoms with Crippen molar-refractivity contribution < 1.29 is 27.2 Å². The Morgan fingerprint density at radius 2 is 1.67 bits per heavy atom. The van der Waals surface area contributed by atoms with Crippen molar-refractivity contribution in [2.24, 2.45) is 0 Å². The lowest BCUT2D eigenvalue weighted by molar-refractivity contribution is -0.159. The zero-order chi connectivity index (χ0) is 15.1. The van der Waals surface area contributed by atoms with E-state index in [1.165, 1.54) is 12.5 Å². The highest BCUT2D eigenvalue weighted by Crippen LogP contribution is 2.33. The fourth-order valence-corrected chi connectivity index (χ4v) is 1.86. The van der Waals surface area contributed by atoms with Gasteiger partial charge >= 0.3 is 12.1 Å². The maximum atomic E-state index is 12.4. The van der Waals surface area contributed by atoms with E-state index in [1.54, 1.807) is 31.2 Å². The van der Waals surface area contributed by atoms with Crippen molar-refractivity contribution in [2.75, 3.05) is 0 Å². The molecule has 21 heavy (non-hydrogen) atoms. The van der Waals surface area contributed by atoms with Crippen molar-refractivity contribution in [3.05, 3.63) is 48.2 Å². The molecule has 8 heteroatoms. The van der Waals surface area contributed by atoms with Gasteiger partial charge in [-0.25, -0.2) is 0 Å². The third kappa shape index (κ3) is 2.44. The van der Waals surface area contributed by atoms with Crippen LogP contribution in [0.15, 0.2) is 41.3 Å². The van der Waals surface area contributed by atoms with Gasteiger partial charge < -0.3 is 14.0 Å². The number of alkyl halides is 3. The zero-order valence-electron chi connectivity index (χ0n) is 10.7. The standard InChI is InChI=1S/C13H9F3N2O3/c1-12(19-6-7-20-12)9-4-2-8(3-5-9)10-17-11(21-18-10)13(14,15)16/h2-7H,1H3. The summed E-state index contributed by atoms with van der Waals surface area (Å²) in [5, 5.41) is 3.32. The summed E-state index contributed by atoms with van der Waals surface area (Å²) >= 11 is 0. The van der Waals surface area contributed by atoms with Gasteiger partial charge in [0.1, 0.15) is 12.5 Å². The smallest absolute Gasteiger partial charge is 0.453 e. The quantitative estimate of drug-likeness (QED) is 0.850. The molecule has 3 rings (SSSR count). The number of aromatic nitrogens is 2. The summed E-state index contributed by atoms with van der Waals surface area (Å²) in [6.45, 7) is 1.72. The minimum atomic E-state index is -4.66. The van der Waals surface area contributed by atoms with Crippen LogP contribution in [0.5, 0.6) is 0 Å². The number of benzene rings is 1. The average molecular weight is 298 g/mol. The molecule has 0 saturated carbocycles. The lowest BCUT2D eigenvalue weighted by atomic mass is 10.0. The van der Waals surface area contributed by atoms with Crippen LogP contribution in [0.4, 0.5) is 13.2 Å². The molecule has 0 N–H and O–H groups in total. The molecule has 2 heterocycles. The van der Waals surface area contributed by atoms with Gasteiger partial charge in [0.15, 0.2) is 0 Å². The first kappa shape index (κ1) is 13.5. The number of nitrogens with zero attached hydrogens (tertiary/aromatic N) is 2. The predicted molar refractivity (Wildman–Crippen MR) is 63.4 cm³/mol. The molecule has 0 radical (unpaired) electrons. The molecule has 0 atom stereocenters. The Kier molecular flexibility index (Phi) is 2.89. The maximum Gasteiger partial charge on any atom is 0.471 e. The summed E-state index contributed by atoms with van der Waals surface area (Å²) in [5.74, 6) is -2.45. The number of ether oxygens (including phenoxy) is 2. The maximum absolute atomic E-state index is 12.4. The lowest BCUT2D eigenvalue weighted by Gasteiger charge is -2.23. The van der Waals surface area contributed by atoms with Crippen LogP contribution in [0.1, 0.15) is 18.4 Å². The Bertz CT molecular complexity index is 669. The van der Waals surface area contributed by atoms with Crippen LogP contribution in [-0.4, -0.2) is 10.1 Å². The highest BCUT2D eigenvalue weighted by Gasteiger charge is 2.38. The number of rotatable bonds is 2. The van der Waals surface area contributed by atoms with Crippen LogP contribution in [0.3, 0.4) is 0 Å². The topological polar surface area (TPSA) is 57.4 Å². The van der Waals surface area contributed by atoms with E-state index in [0.29, 0.717) is 11.1 Å². The Morgan fingerprint density at radius 3 is 2.19 bits per heavy atom. The van der Waals surface area contributed by atoms with Crippen LogP contribution in [0.2, 0.25) is 0 Å². The van der Waals surface area contributed by atoms with E-state index >= 15 is 0 Å². The van der Waals surface area contributed by atoms with Crippen LogP contribution in [0, 0.1) is 0 Å². The molecule has 0 spiro atoms. The van der Waals surface area contributed by atoms with Gasteiger partial charge in [0.25, 0.3) is 5.79 Å². The lowest BCUT2D eigenvalue weighted by Crippen LogP contribution is -2.21. The van der Waals surface area contributed by atoms with Crippen molar-refractivity contribution in [2.45, 2.75) is 18.9 Å². The van der Waals surface area contributed by atoms with Crippen molar-refractivity contribution in [1.29, 1.82) is 0 Å². The largest absolute Gasteiger partial charge is 0.471 e. The molecule has 1 aliphatic rings. The van der Waals surface area contributed by atoms with Crippen LogP contribution in [0.25, 0.3) is 11.4 Å². The van der Waals surface area contributed by atoms with Gasteiger partial charge in [-0.1, -0.05) is 29.4 Å². The first-order chi connectivity index (χ1) is 9.88. The van der Waals surface area contributed by atoms with Crippen LogP contribution in [-0.2, 0) is 21.4 Å². The van der Waals surface area contributed by atoms with Gasteiger partial charge in [0.05, 0.1) is 0 Å². The average Bonchev–Trinajstić information content (AvgIpc) is 3.08. The Hall–Kier alpha value is -2.51. The van der Waals surface area contributed by atoms with Gasteiger partial charge in [-0.3, -0.25) is 0 Å². The molecule has 5 nitrogen and oxygen atoms in total. The molecule has 110 valence electrons. The Morgan fingerprint density at radius 1 is 1.05 bits per heavy atom. The summed E-state index contributed by atoms with van der Waals surface area (Å²) in [6, 6.07) is 6.45. The first-order valence-electron chi connectivity index (χ1n) is 5.91. The van der Waals surface area contributed by atoms with Crippen molar-refractivity contribution in [1.82, 2.24) is 10.1 Å². The molecule has 1 aliphatic heterocycles. The fraction of sp³-hybridized carbons (Fsp3) is 0.231. The second-order valence-electron chi connectivity index (χ2n) is 4.45. The van der Waals surface area contributed by atoms with E-state index < -0.39 is 17.9 Å². The summed E-state index contributed by atoms with van der Waals surface area (Å²) in [5.41, 5.74) is 1.10. The number of hydrogen-bond donors (Lipinski definition) is 0. The van der Waals surface area contributed by atoms with Gasteiger partial charge in [0.2, 0.25) is 5.82 Å². The van der Waals surface area contributed by atoms with E-state index in [4.69, 9.17) is 9.47 Å². The molecule has 0 saturated heterocycles. The third-order valence-electron chi connectivity index (χ3n) is 2.98. The summed E-state index contributed by atoms with van der Waals surface area (Å²) in [4.78, 5) is 3.32. The third-order valence-corrected chi connectivity index (χ3v) is 2.98. The van der Waals surface area contributed by atoms with Crippen molar-refractivity contribution in [3.63, 3.8) is 0 Å². The normalized spacial score (nSPS) is 16.6. The zero-order valence-corrected chi connectivity index (χ0v) is 10.7. The molecular weight excluding hydrogens is 289 g/mol. The predicted octanol–water partition coefficient (Wildman–Crippen LogP) is 3.45. The second kappa shape index (κ2) is 4.51. The number of halogens is 3. The van der Waals surface area contributed by atoms with Crippen molar-refractivity contribution >= 4 is 0 Å². The fourth-order valence-electron chi connectivity index (χ4n) is 1.86. The van der Waals surface area contributed by atoms with Gasteiger partial charge in [-0.15, -0.1) is 0 Å². The first-order valence-corrected chi connectivity index (χ1v) is 5.91. The minimum absolute atomic E-state index is 0.134. The van der Waals surface area contributed by atoms with Gasteiger partial charge in [-0.05, 0) is 0 Å². The van der Waals surface area contributed by atoms with Gasteiger partial charge in [-0.2, -0.15) is 18.2 Å². The van der Waals surface area contributed by atoms with Crippen LogP contribution >= 0.6 is 0 Å². The molecule has 0 aliphatic carbocycles. The SMILES string of the molecule is CC1(c2ccc(-c3noc(C(F)(F)F)n3)cc2)OC=CO1. The highest BCUT2D eigenvalue weighted by molar-refractivity contribution is 5.55. The van der Waals surface area contributed by atoms with Crippen LogP contribution < -0.4 is 0 Å². The van der Waals surface area contributed by atoms with E-state index in [0.717, 1.165) is 0 Å². The van der Waals surface area contributed by atoms with Crippen molar-refractivity contribution in [3.8, 4) is 11.4 Å². The molecule has 2 aromatic rings. The molecule has 0 unspecified atom stereocenters. The summed E-state index contributed by atoms with van der Waals surface area (Å²) in [6.07, 6.45) is -1.82. The monoisotopic (exact) mass is 298 g/mol. The molecule has 1 aromatic heterocycles. The Labute approximate surface area is 117 Å². The minimum Gasteiger partial charge on any atom is -0.453 e. The molecule has 1 aromatic carbocycles. The van der Waals surface area contributed by atoms with E-state index in [-0.39, 0.29) is 5.82 Å². The highest BCUT2D eigenvalue weighted by atomic mass is 19.4. The molecule has 0 amide bonds. The van der Waals surface area contributed by atoms with E-state index in [1.807, 2.05) is 0 Å².